The molecular formula is C23H24F2N4O3. The first-order valence-electron chi connectivity index (χ1n) is 10.6. The predicted molar refractivity (Wildman–Crippen MR) is 116 cm³/mol. The highest BCUT2D eigenvalue weighted by Gasteiger charge is 2.30. The van der Waals surface area contributed by atoms with Crippen LogP contribution in [-0.4, -0.2) is 25.5 Å². The van der Waals surface area contributed by atoms with Crippen molar-refractivity contribution in [2.24, 2.45) is 13.0 Å². The van der Waals surface area contributed by atoms with Crippen LogP contribution in [0.15, 0.2) is 23.1 Å². The van der Waals surface area contributed by atoms with Crippen LogP contribution in [0.4, 0.5) is 14.6 Å². The number of aliphatic hydroxyl groups excluding tert-OH is 1. The molecular weight excluding hydrogens is 418 g/mol. The van der Waals surface area contributed by atoms with Crippen LogP contribution in [0, 0.1) is 24.6 Å². The molecule has 1 aliphatic carbocycles. The van der Waals surface area contributed by atoms with E-state index in [9.17, 15) is 19.1 Å². The molecule has 32 heavy (non-hydrogen) atoms. The van der Waals surface area contributed by atoms with Gasteiger partial charge in [0.05, 0.1) is 28.3 Å². The maximum atomic E-state index is 15.5. The van der Waals surface area contributed by atoms with E-state index in [1.54, 1.807) is 13.0 Å². The lowest BCUT2D eigenvalue weighted by molar-refractivity contribution is -0.117. The summed E-state index contributed by atoms with van der Waals surface area (Å²) in [5, 5.41) is 12.3. The summed E-state index contributed by atoms with van der Waals surface area (Å²) in [7, 11) is 1.40. The standard InChI is InChI=1S/C23H24F2N4O3/c1-4-5-16(30)14-8-11(2)13(10-26-14)18-20(24)19-15(29(3)23(18)32)9-17(27-21(19)25)28-22(31)12-6-7-12/h8-10,12,16,30H,4-7H2,1-3H3,(H,27,28,31)/t16-/m1/s1. The highest BCUT2D eigenvalue weighted by Crippen LogP contribution is 2.32. The second-order valence-corrected chi connectivity index (χ2v) is 8.24. The van der Waals surface area contributed by atoms with E-state index in [-0.39, 0.29) is 34.3 Å². The molecule has 1 amide bonds. The lowest BCUT2D eigenvalue weighted by Gasteiger charge is -2.15. The molecule has 0 saturated heterocycles. The maximum absolute atomic E-state index is 15.5. The fourth-order valence-corrected chi connectivity index (χ4v) is 3.78. The zero-order valence-corrected chi connectivity index (χ0v) is 18.1. The van der Waals surface area contributed by atoms with E-state index in [1.807, 2.05) is 6.92 Å². The SMILES string of the molecule is CCC[C@@H](O)c1cc(C)c(-c2c(F)c3c(F)nc(NC(=O)C4CC4)cc3n(C)c2=O)cn1. The first-order chi connectivity index (χ1) is 15.2. The highest BCUT2D eigenvalue weighted by atomic mass is 19.1. The van der Waals surface area contributed by atoms with Gasteiger partial charge in [-0.15, -0.1) is 0 Å². The number of aromatic nitrogens is 3. The van der Waals surface area contributed by atoms with Gasteiger partial charge in [0.15, 0.2) is 5.82 Å². The molecule has 3 aromatic heterocycles. The van der Waals surface area contributed by atoms with E-state index >= 15 is 4.39 Å². The van der Waals surface area contributed by atoms with Gasteiger partial charge in [-0.3, -0.25) is 14.6 Å². The second kappa shape index (κ2) is 8.38. The smallest absolute Gasteiger partial charge is 0.261 e. The Morgan fingerprint density at radius 3 is 2.69 bits per heavy atom. The average Bonchev–Trinajstić information content (AvgIpc) is 3.58. The van der Waals surface area contributed by atoms with Gasteiger partial charge in [-0.25, -0.2) is 9.37 Å². The van der Waals surface area contributed by atoms with E-state index in [1.165, 1.54) is 19.3 Å². The van der Waals surface area contributed by atoms with Crippen molar-refractivity contribution in [2.45, 2.75) is 45.6 Å². The third-order valence-electron chi connectivity index (χ3n) is 5.78. The average molecular weight is 442 g/mol. The van der Waals surface area contributed by atoms with Crippen molar-refractivity contribution in [3.05, 3.63) is 51.7 Å². The first-order valence-corrected chi connectivity index (χ1v) is 10.6. The highest BCUT2D eigenvalue weighted by molar-refractivity contribution is 5.95. The van der Waals surface area contributed by atoms with Crippen molar-refractivity contribution in [3.63, 3.8) is 0 Å². The third kappa shape index (κ3) is 3.88. The molecule has 1 fully saturated rings. The van der Waals surface area contributed by atoms with Gasteiger partial charge in [0.25, 0.3) is 5.56 Å². The number of halogens is 2. The van der Waals surface area contributed by atoms with Gasteiger partial charge < -0.3 is 15.0 Å². The summed E-state index contributed by atoms with van der Waals surface area (Å²) in [6.45, 7) is 3.61. The molecule has 3 aromatic rings. The monoisotopic (exact) mass is 442 g/mol. The Kier molecular flexibility index (Phi) is 5.77. The predicted octanol–water partition coefficient (Wildman–Crippen LogP) is 3.76. The summed E-state index contributed by atoms with van der Waals surface area (Å²) in [5.74, 6) is -2.62. The number of fused-ring (bicyclic) bond motifs is 1. The number of carbonyl (C=O) groups is 1. The number of rotatable bonds is 6. The van der Waals surface area contributed by atoms with Gasteiger partial charge in [-0.2, -0.15) is 4.39 Å². The van der Waals surface area contributed by atoms with Crippen molar-refractivity contribution < 1.29 is 18.7 Å². The minimum atomic E-state index is -1.12. The minimum absolute atomic E-state index is 0.0181. The number of anilines is 1. The van der Waals surface area contributed by atoms with Crippen LogP contribution >= 0.6 is 0 Å². The Hall–Kier alpha value is -3.20. The minimum Gasteiger partial charge on any atom is -0.387 e. The van der Waals surface area contributed by atoms with Gasteiger partial charge in [-0.1, -0.05) is 13.3 Å². The fourth-order valence-electron chi connectivity index (χ4n) is 3.78. The van der Waals surface area contributed by atoms with Gasteiger partial charge in [0.1, 0.15) is 5.82 Å². The molecule has 0 spiro atoms. The zero-order chi connectivity index (χ0) is 23.2. The van der Waals surface area contributed by atoms with Crippen LogP contribution in [-0.2, 0) is 11.8 Å². The Balaban J connectivity index is 1.84. The number of nitrogens with zero attached hydrogens (tertiary/aromatic N) is 3. The van der Waals surface area contributed by atoms with Crippen LogP contribution in [0.3, 0.4) is 0 Å². The molecule has 0 bridgehead atoms. The summed E-state index contributed by atoms with van der Waals surface area (Å²) in [4.78, 5) is 32.9. The molecule has 0 aliphatic heterocycles. The summed E-state index contributed by atoms with van der Waals surface area (Å²) < 4.78 is 31.5. The molecule has 7 nitrogen and oxygen atoms in total. The maximum Gasteiger partial charge on any atom is 0.261 e. The number of aliphatic hydroxyl groups is 1. The second-order valence-electron chi connectivity index (χ2n) is 8.24. The lowest BCUT2D eigenvalue weighted by atomic mass is 9.99. The van der Waals surface area contributed by atoms with Gasteiger partial charge in [0, 0.05) is 30.8 Å². The normalized spacial score (nSPS) is 14.6. The van der Waals surface area contributed by atoms with Crippen LogP contribution in [0.5, 0.6) is 0 Å². The molecule has 0 aromatic carbocycles. The molecule has 168 valence electrons. The number of hydrogen-bond acceptors (Lipinski definition) is 5. The van der Waals surface area contributed by atoms with Crippen molar-refractivity contribution >= 4 is 22.6 Å². The van der Waals surface area contributed by atoms with E-state index < -0.39 is 28.8 Å². The molecule has 0 radical (unpaired) electrons. The molecule has 4 rings (SSSR count). The number of amides is 1. The summed E-state index contributed by atoms with van der Waals surface area (Å²) >= 11 is 0. The molecule has 1 saturated carbocycles. The molecule has 9 heteroatoms. The number of aryl methyl sites for hydroxylation is 2. The Morgan fingerprint density at radius 1 is 1.34 bits per heavy atom. The van der Waals surface area contributed by atoms with Gasteiger partial charge >= 0.3 is 0 Å². The van der Waals surface area contributed by atoms with Crippen LogP contribution in [0.25, 0.3) is 22.0 Å². The topological polar surface area (TPSA) is 97.1 Å². The van der Waals surface area contributed by atoms with Crippen molar-refractivity contribution in [1.82, 2.24) is 14.5 Å². The van der Waals surface area contributed by atoms with E-state index in [0.717, 1.165) is 23.8 Å². The molecule has 3 heterocycles. The van der Waals surface area contributed by atoms with E-state index in [0.29, 0.717) is 17.7 Å². The third-order valence-corrected chi connectivity index (χ3v) is 5.78. The van der Waals surface area contributed by atoms with Crippen LogP contribution < -0.4 is 10.9 Å². The Bertz CT molecular complexity index is 1280. The van der Waals surface area contributed by atoms with Crippen LogP contribution in [0.1, 0.15) is 50.0 Å². The first kappa shape index (κ1) is 22.0. The molecule has 1 aliphatic rings. The number of nitrogens with one attached hydrogen (secondary N) is 1. The van der Waals surface area contributed by atoms with E-state index in [4.69, 9.17) is 0 Å². The molecule has 0 unspecified atom stereocenters. The number of hydrogen-bond donors (Lipinski definition) is 2. The summed E-state index contributed by atoms with van der Waals surface area (Å²) in [6, 6.07) is 2.89. The zero-order valence-electron chi connectivity index (χ0n) is 18.1. The van der Waals surface area contributed by atoms with E-state index in [2.05, 4.69) is 15.3 Å². The van der Waals surface area contributed by atoms with Crippen molar-refractivity contribution in [1.29, 1.82) is 0 Å². The number of pyridine rings is 3. The quantitative estimate of drug-likeness (QED) is 0.567. The van der Waals surface area contributed by atoms with Crippen LogP contribution in [0.2, 0.25) is 0 Å². The van der Waals surface area contributed by atoms with Crippen molar-refractivity contribution in [3.8, 4) is 11.1 Å². The Morgan fingerprint density at radius 2 is 2.06 bits per heavy atom. The van der Waals surface area contributed by atoms with Crippen molar-refractivity contribution in [2.75, 3.05) is 5.32 Å². The molecule has 1 atom stereocenters. The number of carbonyl (C=O) groups excluding carboxylic acids is 1. The van der Waals surface area contributed by atoms with Gasteiger partial charge in [-0.05, 0) is 37.8 Å². The largest absolute Gasteiger partial charge is 0.387 e. The molecule has 2 N–H and O–H groups in total. The summed E-state index contributed by atoms with van der Waals surface area (Å²) in [6.07, 6.45) is 3.38. The Labute approximate surface area is 183 Å². The van der Waals surface area contributed by atoms with Gasteiger partial charge in [0.2, 0.25) is 11.9 Å². The fraction of sp³-hybridized carbons (Fsp3) is 0.391. The summed E-state index contributed by atoms with van der Waals surface area (Å²) in [5.41, 5.74) is 0.152. The lowest BCUT2D eigenvalue weighted by Crippen LogP contribution is -2.23.